The van der Waals surface area contributed by atoms with E-state index in [1.165, 1.54) is 48.5 Å². The van der Waals surface area contributed by atoms with E-state index in [2.05, 4.69) is 5.32 Å². The summed E-state index contributed by atoms with van der Waals surface area (Å²) in [6, 6.07) is 11.2. The van der Waals surface area contributed by atoms with Crippen molar-refractivity contribution in [1.29, 1.82) is 0 Å². The SMILES string of the molecule is O=C(COC(=O)c1ccc(N2C(=O)[C@@H]3CC=CC[C@H]3C2=O)cc1)Nc1cccc([N+](=O)[O-])c1. The van der Waals surface area contributed by atoms with Gasteiger partial charge in [-0.2, -0.15) is 0 Å². The normalized spacial score (nSPS) is 19.2. The Hall–Kier alpha value is -4.34. The van der Waals surface area contributed by atoms with E-state index >= 15 is 0 Å². The minimum Gasteiger partial charge on any atom is -0.452 e. The number of hydrogen-bond donors (Lipinski definition) is 1. The second-order valence-electron chi connectivity index (χ2n) is 7.65. The smallest absolute Gasteiger partial charge is 0.338 e. The summed E-state index contributed by atoms with van der Waals surface area (Å²) in [4.78, 5) is 60.9. The fourth-order valence-electron chi connectivity index (χ4n) is 3.91. The zero-order valence-electron chi connectivity index (χ0n) is 17.3. The van der Waals surface area contributed by atoms with E-state index in [1.54, 1.807) is 0 Å². The molecular formula is C23H19N3O7. The van der Waals surface area contributed by atoms with Gasteiger partial charge in [0.2, 0.25) is 11.8 Å². The average molecular weight is 449 g/mol. The van der Waals surface area contributed by atoms with Crippen LogP contribution in [0.3, 0.4) is 0 Å². The van der Waals surface area contributed by atoms with Crippen LogP contribution in [0.15, 0.2) is 60.7 Å². The number of rotatable bonds is 6. The van der Waals surface area contributed by atoms with E-state index < -0.39 is 23.4 Å². The molecule has 1 N–H and O–H groups in total. The molecule has 1 aliphatic carbocycles. The number of nitrogens with one attached hydrogen (secondary N) is 1. The van der Waals surface area contributed by atoms with Crippen LogP contribution >= 0.6 is 0 Å². The van der Waals surface area contributed by atoms with Gasteiger partial charge in [0.25, 0.3) is 11.6 Å². The molecule has 0 spiro atoms. The van der Waals surface area contributed by atoms with Crippen molar-refractivity contribution < 1.29 is 28.8 Å². The minimum atomic E-state index is -0.771. The lowest BCUT2D eigenvalue weighted by atomic mass is 9.85. The van der Waals surface area contributed by atoms with Gasteiger partial charge >= 0.3 is 5.97 Å². The van der Waals surface area contributed by atoms with Crippen molar-refractivity contribution in [3.63, 3.8) is 0 Å². The second kappa shape index (κ2) is 9.03. The Bertz CT molecular complexity index is 1150. The van der Waals surface area contributed by atoms with Crippen LogP contribution in [0, 0.1) is 22.0 Å². The molecule has 2 aliphatic rings. The van der Waals surface area contributed by atoms with Crippen LogP contribution < -0.4 is 10.2 Å². The van der Waals surface area contributed by atoms with Crippen LogP contribution in [0.2, 0.25) is 0 Å². The van der Waals surface area contributed by atoms with Gasteiger partial charge in [-0.05, 0) is 43.2 Å². The summed E-state index contributed by atoms with van der Waals surface area (Å²) in [6.07, 6.45) is 4.89. The van der Waals surface area contributed by atoms with Crippen LogP contribution in [-0.4, -0.2) is 35.2 Å². The number of anilines is 2. The predicted molar refractivity (Wildman–Crippen MR) is 116 cm³/mol. The van der Waals surface area contributed by atoms with Gasteiger partial charge in [-0.25, -0.2) is 4.79 Å². The molecule has 0 aromatic heterocycles. The highest BCUT2D eigenvalue weighted by Crippen LogP contribution is 2.37. The first-order valence-corrected chi connectivity index (χ1v) is 10.2. The first kappa shape index (κ1) is 21.9. The predicted octanol–water partition coefficient (Wildman–Crippen LogP) is 2.85. The molecule has 33 heavy (non-hydrogen) atoms. The summed E-state index contributed by atoms with van der Waals surface area (Å²) >= 11 is 0. The Labute approximate surface area is 188 Å². The molecule has 10 heteroatoms. The van der Waals surface area contributed by atoms with Crippen molar-refractivity contribution in [3.8, 4) is 0 Å². The van der Waals surface area contributed by atoms with Crippen molar-refractivity contribution in [3.05, 3.63) is 76.4 Å². The average Bonchev–Trinajstić information content (AvgIpc) is 3.08. The highest BCUT2D eigenvalue weighted by atomic mass is 16.6. The molecule has 2 aromatic rings. The molecule has 0 unspecified atom stereocenters. The highest BCUT2D eigenvalue weighted by molar-refractivity contribution is 6.22. The number of carbonyl (C=O) groups is 4. The third-order valence-corrected chi connectivity index (χ3v) is 5.54. The maximum Gasteiger partial charge on any atom is 0.338 e. The molecule has 0 saturated carbocycles. The topological polar surface area (TPSA) is 136 Å². The Kier molecular flexibility index (Phi) is 5.99. The van der Waals surface area contributed by atoms with Gasteiger partial charge in [-0.15, -0.1) is 0 Å². The molecule has 4 rings (SSSR count). The summed E-state index contributed by atoms with van der Waals surface area (Å²) in [5, 5.41) is 13.2. The summed E-state index contributed by atoms with van der Waals surface area (Å²) in [5.74, 6) is -2.63. The van der Waals surface area contributed by atoms with Gasteiger partial charge in [0, 0.05) is 17.8 Å². The summed E-state index contributed by atoms with van der Waals surface area (Å²) in [6.45, 7) is -0.595. The number of allylic oxidation sites excluding steroid dienone is 2. The van der Waals surface area contributed by atoms with Gasteiger partial charge in [-0.3, -0.25) is 29.4 Å². The molecule has 1 heterocycles. The number of amides is 3. The molecule has 2 atom stereocenters. The number of nitro groups is 1. The molecule has 1 aliphatic heterocycles. The van der Waals surface area contributed by atoms with Gasteiger partial charge in [-0.1, -0.05) is 18.2 Å². The maximum absolute atomic E-state index is 12.7. The van der Waals surface area contributed by atoms with Crippen molar-refractivity contribution in [1.82, 2.24) is 0 Å². The quantitative estimate of drug-likeness (QED) is 0.235. The fraction of sp³-hybridized carbons (Fsp3) is 0.217. The number of fused-ring (bicyclic) bond motifs is 1. The van der Waals surface area contributed by atoms with Crippen LogP contribution in [-0.2, 0) is 19.1 Å². The third kappa shape index (κ3) is 4.49. The fourth-order valence-corrected chi connectivity index (χ4v) is 3.91. The van der Waals surface area contributed by atoms with E-state index in [9.17, 15) is 29.3 Å². The minimum absolute atomic E-state index is 0.139. The van der Waals surface area contributed by atoms with E-state index in [0.29, 0.717) is 18.5 Å². The standard InChI is InChI=1S/C23H19N3O7/c27-20(24-15-4-3-5-17(12-15)26(31)32)13-33-23(30)14-8-10-16(11-9-14)25-21(28)18-6-1-2-7-19(18)22(25)29/h1-5,8-12,18-19H,6-7,13H2,(H,24,27)/t18-,19-/m1/s1. The molecule has 0 radical (unpaired) electrons. The number of imide groups is 1. The van der Waals surface area contributed by atoms with Crippen molar-refractivity contribution in [2.24, 2.45) is 11.8 Å². The maximum atomic E-state index is 12.7. The van der Waals surface area contributed by atoms with Crippen molar-refractivity contribution in [2.75, 3.05) is 16.8 Å². The molecule has 1 saturated heterocycles. The number of hydrogen-bond acceptors (Lipinski definition) is 7. The Balaban J connectivity index is 1.35. The number of carbonyl (C=O) groups excluding carboxylic acids is 4. The van der Waals surface area contributed by atoms with Crippen molar-refractivity contribution >= 4 is 40.8 Å². The summed E-state index contributed by atoms with van der Waals surface area (Å²) in [5.41, 5.74) is 0.528. The van der Waals surface area contributed by atoms with Crippen LogP contribution in [0.5, 0.6) is 0 Å². The summed E-state index contributed by atoms with van der Waals surface area (Å²) in [7, 11) is 0. The molecule has 2 aromatic carbocycles. The molecule has 168 valence electrons. The Morgan fingerprint density at radius 3 is 2.27 bits per heavy atom. The highest BCUT2D eigenvalue weighted by Gasteiger charge is 2.47. The Morgan fingerprint density at radius 1 is 1.03 bits per heavy atom. The lowest BCUT2D eigenvalue weighted by Crippen LogP contribution is -2.30. The number of benzene rings is 2. The molecule has 1 fully saturated rings. The van der Waals surface area contributed by atoms with E-state index in [-0.39, 0.29) is 40.6 Å². The van der Waals surface area contributed by atoms with Crippen LogP contribution in [0.1, 0.15) is 23.2 Å². The number of nitro benzene ring substituents is 1. The van der Waals surface area contributed by atoms with E-state index in [4.69, 9.17) is 4.74 Å². The van der Waals surface area contributed by atoms with Gasteiger partial charge < -0.3 is 10.1 Å². The van der Waals surface area contributed by atoms with E-state index in [1.807, 2.05) is 12.2 Å². The first-order chi connectivity index (χ1) is 15.8. The van der Waals surface area contributed by atoms with Gasteiger partial charge in [0.1, 0.15) is 0 Å². The summed E-state index contributed by atoms with van der Waals surface area (Å²) < 4.78 is 4.98. The zero-order valence-corrected chi connectivity index (χ0v) is 17.3. The second-order valence-corrected chi connectivity index (χ2v) is 7.65. The lowest BCUT2D eigenvalue weighted by molar-refractivity contribution is -0.384. The molecule has 0 bridgehead atoms. The van der Waals surface area contributed by atoms with Gasteiger partial charge in [0.15, 0.2) is 6.61 Å². The third-order valence-electron chi connectivity index (χ3n) is 5.54. The largest absolute Gasteiger partial charge is 0.452 e. The Morgan fingerprint density at radius 2 is 1.67 bits per heavy atom. The van der Waals surface area contributed by atoms with Crippen molar-refractivity contribution in [2.45, 2.75) is 12.8 Å². The number of nitrogens with zero attached hydrogens (tertiary/aromatic N) is 2. The first-order valence-electron chi connectivity index (χ1n) is 10.2. The molecule has 3 amide bonds. The van der Waals surface area contributed by atoms with Gasteiger partial charge in [0.05, 0.1) is 28.0 Å². The molecular weight excluding hydrogens is 430 g/mol. The number of esters is 1. The molecule has 10 nitrogen and oxygen atoms in total. The number of non-ortho nitro benzene ring substituents is 1. The van der Waals surface area contributed by atoms with Crippen LogP contribution in [0.4, 0.5) is 17.1 Å². The zero-order chi connectivity index (χ0) is 23.5. The number of ether oxygens (including phenoxy) is 1. The van der Waals surface area contributed by atoms with Crippen LogP contribution in [0.25, 0.3) is 0 Å². The lowest BCUT2D eigenvalue weighted by Gasteiger charge is -2.15. The monoisotopic (exact) mass is 449 g/mol. The van der Waals surface area contributed by atoms with E-state index in [0.717, 1.165) is 4.90 Å².